The van der Waals surface area contributed by atoms with E-state index in [0.717, 1.165) is 19.3 Å². The molecule has 0 heterocycles. The molecule has 4 aromatic rings. The molecule has 174 valence electrons. The maximum absolute atomic E-state index is 2.42. The van der Waals surface area contributed by atoms with Gasteiger partial charge in [-0.3, -0.25) is 0 Å². The van der Waals surface area contributed by atoms with Crippen molar-refractivity contribution < 1.29 is 0 Å². The molecule has 0 radical (unpaired) electrons. The van der Waals surface area contributed by atoms with Crippen molar-refractivity contribution in [3.63, 3.8) is 0 Å². The zero-order valence-electron chi connectivity index (χ0n) is 20.7. The number of hydrogen-bond donors (Lipinski definition) is 0. The summed E-state index contributed by atoms with van der Waals surface area (Å²) in [6.07, 6.45) is 12.2. The van der Waals surface area contributed by atoms with Crippen LogP contribution in [0.4, 0.5) is 17.1 Å². The zero-order valence-corrected chi connectivity index (χ0v) is 20.7. The van der Waals surface area contributed by atoms with Crippen LogP contribution in [0.5, 0.6) is 0 Å². The molecule has 1 aliphatic carbocycles. The van der Waals surface area contributed by atoms with Crippen molar-refractivity contribution in [3.05, 3.63) is 138 Å². The molecule has 0 amide bonds. The Morgan fingerprint density at radius 1 is 0.657 bits per heavy atom. The van der Waals surface area contributed by atoms with Crippen molar-refractivity contribution >= 4 is 17.1 Å². The molecule has 4 aromatic carbocycles. The zero-order chi connectivity index (χ0) is 24.0. The molecule has 1 unspecified atom stereocenters. The molecule has 5 rings (SSSR count). The van der Waals surface area contributed by atoms with Crippen molar-refractivity contribution in [2.24, 2.45) is 0 Å². The van der Waals surface area contributed by atoms with E-state index < -0.39 is 0 Å². The Morgan fingerprint density at radius 3 is 2.03 bits per heavy atom. The Morgan fingerprint density at radius 2 is 1.29 bits per heavy atom. The van der Waals surface area contributed by atoms with E-state index in [2.05, 4.69) is 140 Å². The van der Waals surface area contributed by atoms with Crippen LogP contribution in [0.15, 0.2) is 121 Å². The predicted molar refractivity (Wildman–Crippen MR) is 151 cm³/mol. The SMILES string of the molecule is Cc1ccc(-c2ccc(N(c3ccccc3)c3ccc4c(c3)C(C)C/C=C\C=C/CC4)cc2)cc1. The second-order valence-electron chi connectivity index (χ2n) is 9.50. The van der Waals surface area contributed by atoms with Gasteiger partial charge in [0.1, 0.15) is 0 Å². The van der Waals surface area contributed by atoms with Crippen molar-refractivity contribution in [1.29, 1.82) is 0 Å². The molecule has 0 saturated heterocycles. The van der Waals surface area contributed by atoms with Gasteiger partial charge in [-0.1, -0.05) is 97.5 Å². The van der Waals surface area contributed by atoms with Crippen molar-refractivity contribution in [1.82, 2.24) is 0 Å². The van der Waals surface area contributed by atoms with Gasteiger partial charge in [-0.05, 0) is 90.8 Å². The van der Waals surface area contributed by atoms with Gasteiger partial charge in [0.05, 0.1) is 0 Å². The van der Waals surface area contributed by atoms with Gasteiger partial charge in [0.2, 0.25) is 0 Å². The molecule has 0 N–H and O–H groups in total. The van der Waals surface area contributed by atoms with Crippen molar-refractivity contribution in [3.8, 4) is 11.1 Å². The fraction of sp³-hybridized carbons (Fsp3) is 0.176. The number of para-hydroxylation sites is 1. The maximum Gasteiger partial charge on any atom is 0.0464 e. The average molecular weight is 456 g/mol. The number of anilines is 3. The third-order valence-corrected chi connectivity index (χ3v) is 6.90. The monoisotopic (exact) mass is 455 g/mol. The Kier molecular flexibility index (Phi) is 6.95. The molecule has 0 aliphatic heterocycles. The highest BCUT2D eigenvalue weighted by molar-refractivity contribution is 5.78. The number of rotatable bonds is 4. The van der Waals surface area contributed by atoms with Crippen LogP contribution in [0.2, 0.25) is 0 Å². The number of nitrogens with zero attached hydrogens (tertiary/aromatic N) is 1. The van der Waals surface area contributed by atoms with Crippen LogP contribution in [0.25, 0.3) is 11.1 Å². The largest absolute Gasteiger partial charge is 0.310 e. The van der Waals surface area contributed by atoms with E-state index in [0.29, 0.717) is 5.92 Å². The lowest BCUT2D eigenvalue weighted by Gasteiger charge is -2.28. The minimum absolute atomic E-state index is 0.481. The first-order chi connectivity index (χ1) is 17.2. The van der Waals surface area contributed by atoms with Crippen molar-refractivity contribution in [2.75, 3.05) is 4.90 Å². The second kappa shape index (κ2) is 10.6. The Labute approximate surface area is 210 Å². The molecular formula is C34H33N. The summed E-state index contributed by atoms with van der Waals surface area (Å²) in [4.78, 5) is 2.38. The quantitative estimate of drug-likeness (QED) is 0.296. The van der Waals surface area contributed by atoms with Gasteiger partial charge in [0.25, 0.3) is 0 Å². The molecule has 1 aliphatic rings. The molecule has 0 saturated carbocycles. The number of allylic oxidation sites excluding steroid dienone is 4. The average Bonchev–Trinajstić information content (AvgIpc) is 2.90. The smallest absolute Gasteiger partial charge is 0.0464 e. The highest BCUT2D eigenvalue weighted by Gasteiger charge is 2.17. The number of fused-ring (bicyclic) bond motifs is 1. The Balaban J connectivity index is 1.55. The van der Waals surface area contributed by atoms with Crippen LogP contribution in [-0.2, 0) is 6.42 Å². The van der Waals surface area contributed by atoms with Crippen LogP contribution in [0.3, 0.4) is 0 Å². The van der Waals surface area contributed by atoms with Gasteiger partial charge < -0.3 is 4.90 Å². The minimum Gasteiger partial charge on any atom is -0.310 e. The van der Waals surface area contributed by atoms with Gasteiger partial charge in [-0.15, -0.1) is 0 Å². The van der Waals surface area contributed by atoms with E-state index in [1.54, 1.807) is 0 Å². The van der Waals surface area contributed by atoms with Crippen LogP contribution in [0, 0.1) is 6.92 Å². The fourth-order valence-electron chi connectivity index (χ4n) is 4.88. The lowest BCUT2D eigenvalue weighted by atomic mass is 9.89. The fourth-order valence-corrected chi connectivity index (χ4v) is 4.88. The molecule has 0 spiro atoms. The third kappa shape index (κ3) is 5.30. The summed E-state index contributed by atoms with van der Waals surface area (Å²) in [6.45, 7) is 4.48. The van der Waals surface area contributed by atoms with E-state index in [1.165, 1.54) is 44.9 Å². The molecule has 0 bridgehead atoms. The maximum atomic E-state index is 2.42. The van der Waals surface area contributed by atoms with Crippen LogP contribution in [0.1, 0.15) is 42.4 Å². The number of aryl methyl sites for hydroxylation is 2. The first kappa shape index (κ1) is 22.9. The highest BCUT2D eigenvalue weighted by atomic mass is 15.1. The van der Waals surface area contributed by atoms with Crippen LogP contribution >= 0.6 is 0 Å². The molecular weight excluding hydrogens is 422 g/mol. The molecule has 0 aromatic heterocycles. The summed E-state index contributed by atoms with van der Waals surface area (Å²) >= 11 is 0. The normalized spacial score (nSPS) is 17.3. The summed E-state index contributed by atoms with van der Waals surface area (Å²) in [5.41, 5.74) is 10.2. The van der Waals surface area contributed by atoms with E-state index in [-0.39, 0.29) is 0 Å². The third-order valence-electron chi connectivity index (χ3n) is 6.90. The minimum atomic E-state index is 0.481. The molecule has 1 heteroatoms. The van der Waals surface area contributed by atoms with Crippen molar-refractivity contribution in [2.45, 2.75) is 39.0 Å². The molecule has 1 nitrogen and oxygen atoms in total. The van der Waals surface area contributed by atoms with E-state index in [1.807, 2.05) is 0 Å². The molecule has 35 heavy (non-hydrogen) atoms. The lowest BCUT2D eigenvalue weighted by molar-refractivity contribution is 0.761. The first-order valence-electron chi connectivity index (χ1n) is 12.7. The Hall–Kier alpha value is -3.84. The molecule has 1 atom stereocenters. The van der Waals surface area contributed by atoms with Gasteiger partial charge >= 0.3 is 0 Å². The number of benzene rings is 4. The number of hydrogen-bond acceptors (Lipinski definition) is 1. The summed E-state index contributed by atoms with van der Waals surface area (Å²) in [5, 5.41) is 0. The summed E-state index contributed by atoms with van der Waals surface area (Å²) in [6, 6.07) is 35.4. The van der Waals surface area contributed by atoms with E-state index in [4.69, 9.17) is 0 Å². The highest BCUT2D eigenvalue weighted by Crippen LogP contribution is 2.38. The van der Waals surface area contributed by atoms with Crippen LogP contribution < -0.4 is 4.90 Å². The van der Waals surface area contributed by atoms with Gasteiger partial charge in [0, 0.05) is 17.1 Å². The van der Waals surface area contributed by atoms with Crippen LogP contribution in [-0.4, -0.2) is 0 Å². The van der Waals surface area contributed by atoms with Gasteiger partial charge in [-0.2, -0.15) is 0 Å². The lowest BCUT2D eigenvalue weighted by Crippen LogP contribution is -2.11. The summed E-state index contributed by atoms with van der Waals surface area (Å²) in [5.74, 6) is 0.481. The van der Waals surface area contributed by atoms with Gasteiger partial charge in [0.15, 0.2) is 0 Å². The second-order valence-corrected chi connectivity index (χ2v) is 9.50. The van der Waals surface area contributed by atoms with Gasteiger partial charge in [-0.25, -0.2) is 0 Å². The standard InChI is InChI=1S/C34H33N/c1-26-15-17-28(18-16-26)29-19-22-32(23-20-29)35(31-13-9-6-10-14-31)33-24-21-30-12-8-5-3-4-7-11-27(2)34(30)25-33/h3-7,9-10,13-25,27H,8,11-12H2,1-2H3/b5-3-,7-4-. The summed E-state index contributed by atoms with van der Waals surface area (Å²) < 4.78 is 0. The predicted octanol–water partition coefficient (Wildman–Crippen LogP) is 9.68. The summed E-state index contributed by atoms with van der Waals surface area (Å²) in [7, 11) is 0. The van der Waals surface area contributed by atoms with E-state index in [9.17, 15) is 0 Å². The molecule has 0 fully saturated rings. The first-order valence-corrected chi connectivity index (χ1v) is 12.7. The Bertz CT molecular complexity index is 1310. The van der Waals surface area contributed by atoms with E-state index >= 15 is 0 Å². The topological polar surface area (TPSA) is 3.24 Å².